The maximum Gasteiger partial charge on any atom is 0.205 e. The fraction of sp³-hybridized carbons (Fsp3) is 0.0625. The number of hydrogen-bond donors (Lipinski definition) is 0. The van der Waals surface area contributed by atoms with Crippen LogP contribution in [0.3, 0.4) is 0 Å². The molecule has 0 saturated carbocycles. The first-order valence-corrected chi connectivity index (χ1v) is 7.51. The first-order chi connectivity index (χ1) is 10.8. The number of aromatic nitrogens is 2. The summed E-state index contributed by atoms with van der Waals surface area (Å²) in [6.07, 6.45) is 3.33. The topological polar surface area (TPSA) is 42.5 Å². The Morgan fingerprint density at radius 1 is 1.18 bits per heavy atom. The molecule has 0 spiro atoms. The minimum absolute atomic E-state index is 0.287. The SMILES string of the molecule is CN=c1scc(-c2ccccc2F)n1N=Cc1ccccn1. The summed E-state index contributed by atoms with van der Waals surface area (Å²) in [5.74, 6) is -0.287. The van der Waals surface area contributed by atoms with Crippen molar-refractivity contribution in [2.75, 3.05) is 7.05 Å². The maximum absolute atomic E-state index is 14.0. The minimum Gasteiger partial charge on any atom is -0.261 e. The van der Waals surface area contributed by atoms with Gasteiger partial charge in [0.15, 0.2) is 0 Å². The van der Waals surface area contributed by atoms with E-state index < -0.39 is 0 Å². The number of nitrogens with zero attached hydrogens (tertiary/aromatic N) is 4. The Kier molecular flexibility index (Phi) is 4.20. The van der Waals surface area contributed by atoms with Crippen molar-refractivity contribution in [1.82, 2.24) is 9.66 Å². The third-order valence-corrected chi connectivity index (χ3v) is 3.93. The van der Waals surface area contributed by atoms with Crippen LogP contribution in [0.1, 0.15) is 5.69 Å². The Bertz CT molecular complexity index is 865. The molecular weight excluding hydrogens is 299 g/mol. The predicted octanol–water partition coefficient (Wildman–Crippen LogP) is 3.16. The van der Waals surface area contributed by atoms with E-state index in [9.17, 15) is 4.39 Å². The number of pyridine rings is 1. The van der Waals surface area contributed by atoms with Gasteiger partial charge in [0.2, 0.25) is 4.80 Å². The van der Waals surface area contributed by atoms with Crippen molar-refractivity contribution < 1.29 is 4.39 Å². The van der Waals surface area contributed by atoms with Crippen LogP contribution in [0.25, 0.3) is 11.3 Å². The van der Waals surface area contributed by atoms with Crippen molar-refractivity contribution in [3.63, 3.8) is 0 Å². The lowest BCUT2D eigenvalue weighted by molar-refractivity contribution is 0.629. The number of halogens is 1. The highest BCUT2D eigenvalue weighted by Gasteiger charge is 2.10. The summed E-state index contributed by atoms with van der Waals surface area (Å²) in [7, 11) is 1.68. The van der Waals surface area contributed by atoms with Crippen LogP contribution >= 0.6 is 11.3 Å². The second kappa shape index (κ2) is 6.44. The number of hydrogen-bond acceptors (Lipinski definition) is 4. The first kappa shape index (κ1) is 14.3. The van der Waals surface area contributed by atoms with Crippen molar-refractivity contribution in [3.8, 4) is 11.3 Å². The molecule has 0 saturated heterocycles. The van der Waals surface area contributed by atoms with E-state index in [1.54, 1.807) is 42.3 Å². The fourth-order valence-electron chi connectivity index (χ4n) is 1.99. The second-order valence-corrected chi connectivity index (χ2v) is 5.25. The van der Waals surface area contributed by atoms with Gasteiger partial charge in [0, 0.05) is 24.2 Å². The molecule has 6 heteroatoms. The van der Waals surface area contributed by atoms with Gasteiger partial charge in [-0.2, -0.15) is 5.10 Å². The van der Waals surface area contributed by atoms with Gasteiger partial charge in [0.25, 0.3) is 0 Å². The van der Waals surface area contributed by atoms with Crippen LogP contribution in [0, 0.1) is 5.82 Å². The zero-order valence-electron chi connectivity index (χ0n) is 11.8. The van der Waals surface area contributed by atoms with Crippen LogP contribution in [0.15, 0.2) is 64.1 Å². The monoisotopic (exact) mass is 312 g/mol. The molecule has 110 valence electrons. The van der Waals surface area contributed by atoms with Crippen LogP contribution in [0.5, 0.6) is 0 Å². The summed E-state index contributed by atoms with van der Waals surface area (Å²) in [5, 5.41) is 6.25. The van der Waals surface area contributed by atoms with Crippen molar-refractivity contribution in [1.29, 1.82) is 0 Å². The zero-order valence-corrected chi connectivity index (χ0v) is 12.7. The Balaban J connectivity index is 2.10. The first-order valence-electron chi connectivity index (χ1n) is 6.63. The van der Waals surface area contributed by atoms with Crippen LogP contribution in [-0.2, 0) is 0 Å². The lowest BCUT2D eigenvalue weighted by atomic mass is 10.1. The molecule has 2 aromatic heterocycles. The Labute approximate surface area is 130 Å². The molecule has 0 aliphatic carbocycles. The molecular formula is C16H13FN4S. The maximum atomic E-state index is 14.0. The summed E-state index contributed by atoms with van der Waals surface area (Å²) in [6, 6.07) is 12.2. The van der Waals surface area contributed by atoms with Gasteiger partial charge in [0.1, 0.15) is 5.82 Å². The molecule has 0 amide bonds. The van der Waals surface area contributed by atoms with Gasteiger partial charge < -0.3 is 0 Å². The van der Waals surface area contributed by atoms with E-state index >= 15 is 0 Å². The standard InChI is InChI=1S/C16H13FN4S/c1-18-16-21(20-10-12-6-4-5-9-19-12)15(11-22-16)13-7-2-3-8-14(13)17/h2-11H,1H3. The van der Waals surface area contributed by atoms with Gasteiger partial charge in [0.05, 0.1) is 17.6 Å². The smallest absolute Gasteiger partial charge is 0.205 e. The van der Waals surface area contributed by atoms with Crippen molar-refractivity contribution in [2.24, 2.45) is 10.1 Å². The van der Waals surface area contributed by atoms with Gasteiger partial charge in [-0.25, -0.2) is 9.07 Å². The van der Waals surface area contributed by atoms with E-state index in [0.29, 0.717) is 16.1 Å². The highest BCUT2D eigenvalue weighted by molar-refractivity contribution is 7.07. The summed E-state index contributed by atoms with van der Waals surface area (Å²) >= 11 is 1.41. The third-order valence-electron chi connectivity index (χ3n) is 3.02. The van der Waals surface area contributed by atoms with E-state index in [-0.39, 0.29) is 5.82 Å². The number of benzene rings is 1. The van der Waals surface area contributed by atoms with Gasteiger partial charge >= 0.3 is 0 Å². The van der Waals surface area contributed by atoms with E-state index in [2.05, 4.69) is 15.1 Å². The second-order valence-electron chi connectivity index (χ2n) is 4.42. The number of rotatable bonds is 3. The average molecular weight is 312 g/mol. The molecule has 3 rings (SSSR count). The number of thiazole rings is 1. The quantitative estimate of drug-likeness (QED) is 0.685. The van der Waals surface area contributed by atoms with Crippen molar-refractivity contribution in [3.05, 3.63) is 70.4 Å². The van der Waals surface area contributed by atoms with Crippen LogP contribution in [0.2, 0.25) is 0 Å². The summed E-state index contributed by atoms with van der Waals surface area (Å²) in [6.45, 7) is 0. The van der Waals surface area contributed by atoms with E-state index in [1.807, 2.05) is 23.6 Å². The highest BCUT2D eigenvalue weighted by atomic mass is 32.1. The zero-order chi connectivity index (χ0) is 15.4. The van der Waals surface area contributed by atoms with Gasteiger partial charge in [-0.1, -0.05) is 18.2 Å². The lowest BCUT2D eigenvalue weighted by Crippen LogP contribution is -2.12. The van der Waals surface area contributed by atoms with Crippen LogP contribution in [-0.4, -0.2) is 22.9 Å². The Morgan fingerprint density at radius 2 is 2.00 bits per heavy atom. The molecule has 0 fully saturated rings. The molecule has 3 aromatic rings. The molecule has 1 aromatic carbocycles. The van der Waals surface area contributed by atoms with E-state index in [1.165, 1.54) is 17.4 Å². The van der Waals surface area contributed by atoms with E-state index in [0.717, 1.165) is 5.69 Å². The highest BCUT2D eigenvalue weighted by Crippen LogP contribution is 2.23. The largest absolute Gasteiger partial charge is 0.261 e. The van der Waals surface area contributed by atoms with Crippen LogP contribution < -0.4 is 4.80 Å². The molecule has 2 heterocycles. The molecule has 0 aliphatic heterocycles. The van der Waals surface area contributed by atoms with E-state index in [4.69, 9.17) is 0 Å². The average Bonchev–Trinajstić information content (AvgIpc) is 2.97. The normalized spacial score (nSPS) is 12.2. The molecule has 0 aliphatic rings. The predicted molar refractivity (Wildman–Crippen MR) is 86.4 cm³/mol. The van der Waals surface area contributed by atoms with Gasteiger partial charge in [-0.05, 0) is 24.3 Å². The fourth-order valence-corrected chi connectivity index (χ4v) is 2.78. The molecule has 4 nitrogen and oxygen atoms in total. The molecule has 0 atom stereocenters. The van der Waals surface area contributed by atoms with Gasteiger partial charge in [-0.3, -0.25) is 9.98 Å². The molecule has 0 unspecified atom stereocenters. The summed E-state index contributed by atoms with van der Waals surface area (Å²) in [5.41, 5.74) is 1.88. The minimum atomic E-state index is -0.287. The molecule has 0 N–H and O–H groups in total. The van der Waals surface area contributed by atoms with Crippen molar-refractivity contribution in [2.45, 2.75) is 0 Å². The molecule has 0 bridgehead atoms. The third kappa shape index (κ3) is 2.87. The molecule has 22 heavy (non-hydrogen) atoms. The van der Waals surface area contributed by atoms with Crippen molar-refractivity contribution >= 4 is 17.6 Å². The Hall–Kier alpha value is -2.60. The lowest BCUT2D eigenvalue weighted by Gasteiger charge is -2.04. The molecule has 0 radical (unpaired) electrons. The summed E-state index contributed by atoms with van der Waals surface area (Å²) in [4.78, 5) is 9.06. The summed E-state index contributed by atoms with van der Waals surface area (Å²) < 4.78 is 15.7. The Morgan fingerprint density at radius 3 is 2.73 bits per heavy atom. The van der Waals surface area contributed by atoms with Crippen LogP contribution in [0.4, 0.5) is 4.39 Å². The van der Waals surface area contributed by atoms with Gasteiger partial charge in [-0.15, -0.1) is 11.3 Å².